The van der Waals surface area contributed by atoms with Gasteiger partial charge >= 0.3 is 12.0 Å². The molecule has 0 spiro atoms. The van der Waals surface area contributed by atoms with E-state index in [0.29, 0.717) is 19.4 Å². The molecule has 1 heterocycles. The standard InChI is InChI=1S/C13H20N2O4/c1-3-10(2)15(9-12(16)17)13(18)14-7-6-11-5-4-8-19-11/h4-5,8,10H,3,6-7,9H2,1-2H3,(H,14,18)(H,16,17). The summed E-state index contributed by atoms with van der Waals surface area (Å²) in [6, 6.07) is 3.14. The van der Waals surface area contributed by atoms with E-state index in [1.165, 1.54) is 4.90 Å². The first kappa shape index (κ1) is 15.1. The Morgan fingerprint density at radius 1 is 1.53 bits per heavy atom. The predicted molar refractivity (Wildman–Crippen MR) is 69.9 cm³/mol. The number of nitrogens with one attached hydrogen (secondary N) is 1. The lowest BCUT2D eigenvalue weighted by molar-refractivity contribution is -0.138. The second-order valence-corrected chi connectivity index (χ2v) is 4.34. The van der Waals surface area contributed by atoms with Crippen LogP contribution in [0.25, 0.3) is 0 Å². The molecule has 0 bridgehead atoms. The Bertz CT molecular complexity index is 403. The molecule has 1 aromatic heterocycles. The number of aliphatic carboxylic acids is 1. The fraction of sp³-hybridized carbons (Fsp3) is 0.538. The highest BCUT2D eigenvalue weighted by Crippen LogP contribution is 2.04. The molecule has 106 valence electrons. The number of amides is 2. The number of hydrogen-bond donors (Lipinski definition) is 2. The van der Waals surface area contributed by atoms with Crippen molar-refractivity contribution < 1.29 is 19.1 Å². The zero-order valence-corrected chi connectivity index (χ0v) is 11.3. The van der Waals surface area contributed by atoms with Crippen LogP contribution in [0.4, 0.5) is 4.79 Å². The van der Waals surface area contributed by atoms with Gasteiger partial charge in [0.2, 0.25) is 0 Å². The quantitative estimate of drug-likeness (QED) is 0.788. The molecule has 0 saturated heterocycles. The van der Waals surface area contributed by atoms with Crippen molar-refractivity contribution in [3.05, 3.63) is 24.2 Å². The van der Waals surface area contributed by atoms with E-state index >= 15 is 0 Å². The van der Waals surface area contributed by atoms with Crippen LogP contribution in [0.15, 0.2) is 22.8 Å². The minimum Gasteiger partial charge on any atom is -0.480 e. The smallest absolute Gasteiger partial charge is 0.323 e. The highest BCUT2D eigenvalue weighted by molar-refractivity contribution is 5.80. The van der Waals surface area contributed by atoms with Gasteiger partial charge in [-0.2, -0.15) is 0 Å². The summed E-state index contributed by atoms with van der Waals surface area (Å²) < 4.78 is 5.15. The van der Waals surface area contributed by atoms with Gasteiger partial charge in [0.1, 0.15) is 12.3 Å². The maximum atomic E-state index is 11.9. The second-order valence-electron chi connectivity index (χ2n) is 4.34. The number of rotatable bonds is 7. The Labute approximate surface area is 112 Å². The molecule has 6 heteroatoms. The summed E-state index contributed by atoms with van der Waals surface area (Å²) >= 11 is 0. The molecule has 0 aliphatic heterocycles. The van der Waals surface area contributed by atoms with Gasteiger partial charge in [-0.15, -0.1) is 0 Å². The van der Waals surface area contributed by atoms with Crippen LogP contribution in [0.1, 0.15) is 26.0 Å². The van der Waals surface area contributed by atoms with Crippen molar-refractivity contribution in [2.24, 2.45) is 0 Å². The van der Waals surface area contributed by atoms with Crippen LogP contribution in [0.3, 0.4) is 0 Å². The van der Waals surface area contributed by atoms with Crippen molar-refractivity contribution in [3.8, 4) is 0 Å². The van der Waals surface area contributed by atoms with Crippen molar-refractivity contribution in [3.63, 3.8) is 0 Å². The lowest BCUT2D eigenvalue weighted by atomic mass is 10.2. The molecular formula is C13H20N2O4. The van der Waals surface area contributed by atoms with E-state index in [9.17, 15) is 9.59 Å². The topological polar surface area (TPSA) is 82.8 Å². The number of furan rings is 1. The summed E-state index contributed by atoms with van der Waals surface area (Å²) in [7, 11) is 0. The number of carbonyl (C=O) groups excluding carboxylic acids is 1. The molecule has 6 nitrogen and oxygen atoms in total. The van der Waals surface area contributed by atoms with Gasteiger partial charge in [0, 0.05) is 19.0 Å². The van der Waals surface area contributed by atoms with Gasteiger partial charge in [0.15, 0.2) is 0 Å². The maximum Gasteiger partial charge on any atom is 0.323 e. The Kier molecular flexibility index (Phi) is 5.92. The Morgan fingerprint density at radius 3 is 2.79 bits per heavy atom. The Morgan fingerprint density at radius 2 is 2.26 bits per heavy atom. The highest BCUT2D eigenvalue weighted by Gasteiger charge is 2.21. The fourth-order valence-corrected chi connectivity index (χ4v) is 1.64. The Hall–Kier alpha value is -1.98. The van der Waals surface area contributed by atoms with Crippen LogP contribution in [0.5, 0.6) is 0 Å². The van der Waals surface area contributed by atoms with E-state index in [2.05, 4.69) is 5.32 Å². The van der Waals surface area contributed by atoms with Crippen molar-refractivity contribution in [2.45, 2.75) is 32.7 Å². The van der Waals surface area contributed by atoms with E-state index in [-0.39, 0.29) is 18.6 Å². The average molecular weight is 268 g/mol. The molecule has 0 saturated carbocycles. The van der Waals surface area contributed by atoms with Gasteiger partial charge in [0.25, 0.3) is 0 Å². The lowest BCUT2D eigenvalue weighted by Gasteiger charge is -2.27. The van der Waals surface area contributed by atoms with Crippen molar-refractivity contribution >= 4 is 12.0 Å². The first-order chi connectivity index (χ1) is 9.04. The highest BCUT2D eigenvalue weighted by atomic mass is 16.4. The third-order valence-corrected chi connectivity index (χ3v) is 2.92. The number of carboxylic acid groups (broad SMARTS) is 1. The first-order valence-corrected chi connectivity index (χ1v) is 6.33. The van der Waals surface area contributed by atoms with Gasteiger partial charge in [-0.05, 0) is 25.5 Å². The summed E-state index contributed by atoms with van der Waals surface area (Å²) in [4.78, 5) is 24.0. The normalized spacial score (nSPS) is 11.9. The van der Waals surface area contributed by atoms with Crippen molar-refractivity contribution in [1.29, 1.82) is 0 Å². The number of hydrogen-bond acceptors (Lipinski definition) is 3. The van der Waals surface area contributed by atoms with E-state index in [4.69, 9.17) is 9.52 Å². The molecule has 0 aliphatic carbocycles. The minimum atomic E-state index is -1.01. The van der Waals surface area contributed by atoms with Crippen LogP contribution < -0.4 is 5.32 Å². The monoisotopic (exact) mass is 268 g/mol. The average Bonchev–Trinajstić information content (AvgIpc) is 2.87. The van der Waals surface area contributed by atoms with Crippen LogP contribution >= 0.6 is 0 Å². The van der Waals surface area contributed by atoms with Crippen molar-refractivity contribution in [1.82, 2.24) is 10.2 Å². The predicted octanol–water partition coefficient (Wildman–Crippen LogP) is 1.72. The third kappa shape index (κ3) is 5.03. The van der Waals surface area contributed by atoms with Gasteiger partial charge < -0.3 is 19.7 Å². The largest absolute Gasteiger partial charge is 0.480 e. The number of urea groups is 1. The van der Waals surface area contributed by atoms with Gasteiger partial charge in [0.05, 0.1) is 6.26 Å². The third-order valence-electron chi connectivity index (χ3n) is 2.92. The fourth-order valence-electron chi connectivity index (χ4n) is 1.64. The molecule has 0 aromatic carbocycles. The lowest BCUT2D eigenvalue weighted by Crippen LogP contribution is -2.47. The van der Waals surface area contributed by atoms with Crippen LogP contribution in [-0.4, -0.2) is 41.1 Å². The van der Waals surface area contributed by atoms with E-state index < -0.39 is 5.97 Å². The van der Waals surface area contributed by atoms with Crippen LogP contribution in [0.2, 0.25) is 0 Å². The van der Waals surface area contributed by atoms with Gasteiger partial charge in [-0.1, -0.05) is 6.92 Å². The first-order valence-electron chi connectivity index (χ1n) is 6.33. The molecule has 0 aliphatic rings. The maximum absolute atomic E-state index is 11.9. The molecule has 1 unspecified atom stereocenters. The van der Waals surface area contributed by atoms with Crippen LogP contribution in [-0.2, 0) is 11.2 Å². The Balaban J connectivity index is 2.44. The molecule has 1 rings (SSSR count). The van der Waals surface area contributed by atoms with Gasteiger partial charge in [-0.25, -0.2) is 4.79 Å². The minimum absolute atomic E-state index is 0.111. The molecule has 0 fully saturated rings. The molecule has 1 atom stereocenters. The van der Waals surface area contributed by atoms with E-state index in [1.807, 2.05) is 19.9 Å². The van der Waals surface area contributed by atoms with Crippen molar-refractivity contribution in [2.75, 3.05) is 13.1 Å². The summed E-state index contributed by atoms with van der Waals surface area (Å²) in [5.74, 6) is -0.227. The number of carboxylic acids is 1. The SMILES string of the molecule is CCC(C)N(CC(=O)O)C(=O)NCCc1ccco1. The molecular weight excluding hydrogens is 248 g/mol. The van der Waals surface area contributed by atoms with Gasteiger partial charge in [-0.3, -0.25) is 4.79 Å². The summed E-state index contributed by atoms with van der Waals surface area (Å²) in [6.45, 7) is 3.87. The molecule has 19 heavy (non-hydrogen) atoms. The second kappa shape index (κ2) is 7.45. The molecule has 1 aromatic rings. The van der Waals surface area contributed by atoms with E-state index in [0.717, 1.165) is 5.76 Å². The molecule has 0 radical (unpaired) electrons. The zero-order valence-electron chi connectivity index (χ0n) is 11.3. The molecule has 2 amide bonds. The summed E-state index contributed by atoms with van der Waals surface area (Å²) in [5, 5.41) is 11.5. The number of nitrogens with zero attached hydrogens (tertiary/aromatic N) is 1. The number of carbonyl (C=O) groups is 2. The zero-order chi connectivity index (χ0) is 14.3. The summed E-state index contributed by atoms with van der Waals surface area (Å²) in [5.41, 5.74) is 0. The molecule has 2 N–H and O–H groups in total. The van der Waals surface area contributed by atoms with E-state index in [1.54, 1.807) is 12.3 Å². The van der Waals surface area contributed by atoms with Crippen LogP contribution in [0, 0.1) is 0 Å². The summed E-state index contributed by atoms with van der Waals surface area (Å²) in [6.07, 6.45) is 2.87.